The highest BCUT2D eigenvalue weighted by Crippen LogP contribution is 2.29. The Hall–Kier alpha value is -3.60. The molecule has 0 fully saturated rings. The first-order valence-electron chi connectivity index (χ1n) is 9.12. The van der Waals surface area contributed by atoms with Crippen LogP contribution < -0.4 is 15.4 Å². The van der Waals surface area contributed by atoms with Gasteiger partial charge in [-0.15, -0.1) is 0 Å². The summed E-state index contributed by atoms with van der Waals surface area (Å²) in [5.74, 6) is 0.291. The number of benzene rings is 3. The molecule has 0 aliphatic carbocycles. The molecule has 3 rings (SSSR count). The van der Waals surface area contributed by atoms with E-state index >= 15 is 0 Å². The summed E-state index contributed by atoms with van der Waals surface area (Å²) in [5.41, 5.74) is 3.19. The third-order valence-corrected chi connectivity index (χ3v) is 4.08. The topological polar surface area (TPSA) is 67.4 Å². The molecule has 5 nitrogen and oxygen atoms in total. The molecule has 0 aliphatic heterocycles. The van der Waals surface area contributed by atoms with Gasteiger partial charge in [-0.25, -0.2) is 0 Å². The van der Waals surface area contributed by atoms with Crippen molar-refractivity contribution in [3.63, 3.8) is 0 Å². The van der Waals surface area contributed by atoms with Crippen molar-refractivity contribution in [3.05, 3.63) is 78.9 Å². The Morgan fingerprint density at radius 1 is 0.786 bits per heavy atom. The SMILES string of the molecule is CCC(=O)Nc1cccc(NC(=O)COc2ccccc2-c2ccccc2)c1. The van der Waals surface area contributed by atoms with Gasteiger partial charge in [-0.05, 0) is 29.8 Å². The summed E-state index contributed by atoms with van der Waals surface area (Å²) in [4.78, 5) is 23.8. The first-order chi connectivity index (χ1) is 13.7. The number of amides is 2. The second-order valence-electron chi connectivity index (χ2n) is 6.18. The van der Waals surface area contributed by atoms with Gasteiger partial charge < -0.3 is 15.4 Å². The molecule has 0 heterocycles. The van der Waals surface area contributed by atoms with Crippen LogP contribution in [-0.4, -0.2) is 18.4 Å². The van der Waals surface area contributed by atoms with E-state index in [9.17, 15) is 9.59 Å². The van der Waals surface area contributed by atoms with Crippen LogP contribution in [0.15, 0.2) is 78.9 Å². The highest BCUT2D eigenvalue weighted by atomic mass is 16.5. The Morgan fingerprint density at radius 3 is 2.14 bits per heavy atom. The Morgan fingerprint density at radius 2 is 1.43 bits per heavy atom. The lowest BCUT2D eigenvalue weighted by molar-refractivity contribution is -0.118. The summed E-state index contributed by atoms with van der Waals surface area (Å²) in [6.45, 7) is 1.67. The molecule has 2 N–H and O–H groups in total. The fourth-order valence-corrected chi connectivity index (χ4v) is 2.71. The van der Waals surface area contributed by atoms with Gasteiger partial charge in [0.05, 0.1) is 0 Å². The van der Waals surface area contributed by atoms with Gasteiger partial charge in [0.1, 0.15) is 5.75 Å². The monoisotopic (exact) mass is 374 g/mol. The lowest BCUT2D eigenvalue weighted by atomic mass is 10.1. The van der Waals surface area contributed by atoms with E-state index in [-0.39, 0.29) is 18.4 Å². The molecule has 0 aromatic heterocycles. The Labute approximate surface area is 164 Å². The molecule has 0 unspecified atom stereocenters. The van der Waals surface area contributed by atoms with Gasteiger partial charge >= 0.3 is 0 Å². The molecule has 28 heavy (non-hydrogen) atoms. The Bertz CT molecular complexity index is 955. The zero-order chi connectivity index (χ0) is 19.8. The minimum absolute atomic E-state index is 0.0793. The standard InChI is InChI=1S/C23H22N2O3/c1-2-22(26)24-18-11-8-12-19(15-18)25-23(27)16-28-21-14-7-6-13-20(21)17-9-4-3-5-10-17/h3-15H,2,16H2,1H3,(H,24,26)(H,25,27). The summed E-state index contributed by atoms with van der Waals surface area (Å²) in [6.07, 6.45) is 0.394. The van der Waals surface area contributed by atoms with Crippen LogP contribution in [0, 0.1) is 0 Å². The van der Waals surface area contributed by atoms with Gasteiger partial charge in [0.15, 0.2) is 6.61 Å². The number of nitrogens with one attached hydrogen (secondary N) is 2. The van der Waals surface area contributed by atoms with Gasteiger partial charge in [0.2, 0.25) is 5.91 Å². The molecule has 0 aliphatic rings. The predicted molar refractivity (Wildman–Crippen MR) is 111 cm³/mol. The molecule has 0 bridgehead atoms. The van der Waals surface area contributed by atoms with Crippen LogP contribution in [0.4, 0.5) is 11.4 Å². The molecule has 3 aromatic rings. The Balaban J connectivity index is 1.63. The van der Waals surface area contributed by atoms with Crippen molar-refractivity contribution in [1.82, 2.24) is 0 Å². The predicted octanol–water partition coefficient (Wildman–Crippen LogP) is 4.72. The van der Waals surface area contributed by atoms with E-state index in [1.165, 1.54) is 0 Å². The number of rotatable bonds is 7. The Kier molecular flexibility index (Phi) is 6.41. The summed E-state index contributed by atoms with van der Waals surface area (Å²) >= 11 is 0. The summed E-state index contributed by atoms with van der Waals surface area (Å²) in [7, 11) is 0. The van der Waals surface area contributed by atoms with Crippen LogP contribution in [-0.2, 0) is 9.59 Å². The fourth-order valence-electron chi connectivity index (χ4n) is 2.71. The maximum Gasteiger partial charge on any atom is 0.262 e. The van der Waals surface area contributed by atoms with Crippen LogP contribution in [0.5, 0.6) is 5.75 Å². The molecule has 0 atom stereocenters. The third kappa shape index (κ3) is 5.20. The maximum absolute atomic E-state index is 12.3. The molecule has 0 saturated heterocycles. The number of hydrogen-bond acceptors (Lipinski definition) is 3. The first-order valence-corrected chi connectivity index (χ1v) is 9.12. The molecule has 0 spiro atoms. The smallest absolute Gasteiger partial charge is 0.262 e. The zero-order valence-corrected chi connectivity index (χ0v) is 15.6. The number of carbonyl (C=O) groups is 2. The largest absolute Gasteiger partial charge is 0.483 e. The van der Waals surface area contributed by atoms with Gasteiger partial charge in [0.25, 0.3) is 5.91 Å². The second-order valence-corrected chi connectivity index (χ2v) is 6.18. The van der Waals surface area contributed by atoms with Gasteiger partial charge in [0, 0.05) is 23.4 Å². The van der Waals surface area contributed by atoms with Crippen molar-refractivity contribution >= 4 is 23.2 Å². The van der Waals surface area contributed by atoms with E-state index in [1.807, 2.05) is 54.6 Å². The highest BCUT2D eigenvalue weighted by molar-refractivity contribution is 5.94. The van der Waals surface area contributed by atoms with Crippen LogP contribution >= 0.6 is 0 Å². The first kappa shape index (κ1) is 19.2. The van der Waals surface area contributed by atoms with Crippen molar-refractivity contribution in [2.24, 2.45) is 0 Å². The lowest BCUT2D eigenvalue weighted by Gasteiger charge is -2.12. The fraction of sp³-hybridized carbons (Fsp3) is 0.130. The van der Waals surface area contributed by atoms with Crippen molar-refractivity contribution in [2.45, 2.75) is 13.3 Å². The van der Waals surface area contributed by atoms with Crippen molar-refractivity contribution in [1.29, 1.82) is 0 Å². The van der Waals surface area contributed by atoms with Crippen LogP contribution in [0.3, 0.4) is 0 Å². The third-order valence-electron chi connectivity index (χ3n) is 4.08. The van der Waals surface area contributed by atoms with Crippen LogP contribution in [0.25, 0.3) is 11.1 Å². The average molecular weight is 374 g/mol. The normalized spacial score (nSPS) is 10.2. The van der Waals surface area contributed by atoms with E-state index in [1.54, 1.807) is 31.2 Å². The molecule has 0 radical (unpaired) electrons. The van der Waals surface area contributed by atoms with Crippen LogP contribution in [0.2, 0.25) is 0 Å². The second kappa shape index (κ2) is 9.37. The molecule has 3 aromatic carbocycles. The minimum Gasteiger partial charge on any atom is -0.483 e. The molecular weight excluding hydrogens is 352 g/mol. The van der Waals surface area contributed by atoms with E-state index in [0.29, 0.717) is 23.5 Å². The van der Waals surface area contributed by atoms with Gasteiger partial charge in [-0.1, -0.05) is 61.5 Å². The maximum atomic E-state index is 12.3. The van der Waals surface area contributed by atoms with Crippen molar-refractivity contribution in [2.75, 3.05) is 17.2 Å². The van der Waals surface area contributed by atoms with E-state index in [2.05, 4.69) is 10.6 Å². The van der Waals surface area contributed by atoms with Crippen molar-refractivity contribution in [3.8, 4) is 16.9 Å². The van der Waals surface area contributed by atoms with Crippen LogP contribution in [0.1, 0.15) is 13.3 Å². The average Bonchev–Trinajstić information content (AvgIpc) is 2.73. The number of para-hydroxylation sites is 1. The van der Waals surface area contributed by atoms with E-state index in [4.69, 9.17) is 4.74 Å². The number of carbonyl (C=O) groups excluding carboxylic acids is 2. The molecular formula is C23H22N2O3. The molecule has 5 heteroatoms. The highest BCUT2D eigenvalue weighted by Gasteiger charge is 2.09. The summed E-state index contributed by atoms with van der Waals surface area (Å²) < 4.78 is 5.76. The van der Waals surface area contributed by atoms with E-state index in [0.717, 1.165) is 11.1 Å². The molecule has 0 saturated carbocycles. The quantitative estimate of drug-likeness (QED) is 0.629. The van der Waals surface area contributed by atoms with E-state index < -0.39 is 0 Å². The lowest BCUT2D eigenvalue weighted by Crippen LogP contribution is -2.20. The number of anilines is 2. The van der Waals surface area contributed by atoms with Crippen molar-refractivity contribution < 1.29 is 14.3 Å². The molecule has 142 valence electrons. The minimum atomic E-state index is -0.276. The zero-order valence-electron chi connectivity index (χ0n) is 15.6. The summed E-state index contributed by atoms with van der Waals surface area (Å²) in [6, 6.07) is 24.5. The molecule has 2 amide bonds. The summed E-state index contributed by atoms with van der Waals surface area (Å²) in [5, 5.41) is 5.56. The van der Waals surface area contributed by atoms with Gasteiger partial charge in [-0.2, -0.15) is 0 Å². The number of hydrogen-bond donors (Lipinski definition) is 2. The number of ether oxygens (including phenoxy) is 1. The van der Waals surface area contributed by atoms with Gasteiger partial charge in [-0.3, -0.25) is 9.59 Å².